The van der Waals surface area contributed by atoms with Gasteiger partial charge in [0.25, 0.3) is 0 Å². The fraction of sp³-hybridized carbons (Fsp3) is 0.409. The Hall–Kier alpha value is -2.60. The highest BCUT2D eigenvalue weighted by atomic mass is 35.5. The second kappa shape index (κ2) is 8.82. The van der Waals surface area contributed by atoms with Crippen molar-refractivity contribution in [2.75, 3.05) is 38.7 Å². The van der Waals surface area contributed by atoms with E-state index >= 15 is 0 Å². The van der Waals surface area contributed by atoms with Gasteiger partial charge in [0.15, 0.2) is 11.5 Å². The van der Waals surface area contributed by atoms with E-state index in [4.69, 9.17) is 25.8 Å². The average Bonchev–Trinajstić information content (AvgIpc) is 3.11. The maximum Gasteiger partial charge on any atom is 0.242 e. The Labute approximate surface area is 175 Å². The van der Waals surface area contributed by atoms with Crippen LogP contribution in [0.1, 0.15) is 30.9 Å². The first-order valence-electron chi connectivity index (χ1n) is 9.92. The number of rotatable bonds is 5. The molecule has 0 spiro atoms. The van der Waals surface area contributed by atoms with Crippen LogP contribution in [0.15, 0.2) is 36.4 Å². The third-order valence-electron chi connectivity index (χ3n) is 5.32. The van der Waals surface area contributed by atoms with Gasteiger partial charge in [-0.05, 0) is 48.7 Å². The van der Waals surface area contributed by atoms with Gasteiger partial charge in [0.1, 0.15) is 5.75 Å². The Balaban J connectivity index is 1.46. The van der Waals surface area contributed by atoms with E-state index in [-0.39, 0.29) is 18.5 Å². The number of hydrogen-bond donors (Lipinski definition) is 1. The Morgan fingerprint density at radius 1 is 1.17 bits per heavy atom. The van der Waals surface area contributed by atoms with Crippen LogP contribution in [0, 0.1) is 0 Å². The fourth-order valence-electron chi connectivity index (χ4n) is 3.89. The van der Waals surface area contributed by atoms with E-state index in [2.05, 4.69) is 5.32 Å². The summed E-state index contributed by atoms with van der Waals surface area (Å²) in [7, 11) is 1.59. The van der Waals surface area contributed by atoms with Gasteiger partial charge in [0.05, 0.1) is 38.6 Å². The van der Waals surface area contributed by atoms with Gasteiger partial charge in [-0.3, -0.25) is 4.79 Å². The van der Waals surface area contributed by atoms with Gasteiger partial charge >= 0.3 is 0 Å². The highest BCUT2D eigenvalue weighted by Gasteiger charge is 2.30. The van der Waals surface area contributed by atoms with Crippen molar-refractivity contribution in [2.45, 2.75) is 25.3 Å². The SMILES string of the molecule is COc1ccc(Cl)cc1NCC(=O)N1CCCC1c1ccc2c(c1)OCCCO2. The number of benzene rings is 2. The molecule has 1 unspecified atom stereocenters. The first kappa shape index (κ1) is 19.7. The van der Waals surface area contributed by atoms with E-state index in [9.17, 15) is 4.79 Å². The Morgan fingerprint density at radius 2 is 2.00 bits per heavy atom. The minimum Gasteiger partial charge on any atom is -0.495 e. The zero-order chi connectivity index (χ0) is 20.2. The summed E-state index contributed by atoms with van der Waals surface area (Å²) in [6.45, 7) is 2.23. The molecular weight excluding hydrogens is 392 g/mol. The number of carbonyl (C=O) groups excluding carboxylic acids is 1. The molecule has 29 heavy (non-hydrogen) atoms. The molecule has 2 heterocycles. The molecule has 4 rings (SSSR count). The molecule has 1 fully saturated rings. The van der Waals surface area contributed by atoms with Crippen molar-refractivity contribution in [3.05, 3.63) is 47.0 Å². The van der Waals surface area contributed by atoms with Crippen LogP contribution in [0.5, 0.6) is 17.2 Å². The van der Waals surface area contributed by atoms with Crippen LogP contribution in [0.25, 0.3) is 0 Å². The molecule has 1 saturated heterocycles. The average molecular weight is 417 g/mol. The monoisotopic (exact) mass is 416 g/mol. The smallest absolute Gasteiger partial charge is 0.242 e. The molecule has 0 aliphatic carbocycles. The summed E-state index contributed by atoms with van der Waals surface area (Å²) >= 11 is 6.08. The number of halogens is 1. The molecule has 2 aromatic rings. The van der Waals surface area contributed by atoms with E-state index in [1.807, 2.05) is 23.1 Å². The third-order valence-corrected chi connectivity index (χ3v) is 5.56. The van der Waals surface area contributed by atoms with Gasteiger partial charge in [0.2, 0.25) is 5.91 Å². The molecule has 0 radical (unpaired) electrons. The van der Waals surface area contributed by atoms with Gasteiger partial charge in [-0.1, -0.05) is 17.7 Å². The summed E-state index contributed by atoms with van der Waals surface area (Å²) < 4.78 is 16.9. The van der Waals surface area contributed by atoms with Crippen molar-refractivity contribution < 1.29 is 19.0 Å². The molecule has 2 aliphatic rings. The fourth-order valence-corrected chi connectivity index (χ4v) is 4.06. The number of likely N-dealkylation sites (tertiary alicyclic amines) is 1. The lowest BCUT2D eigenvalue weighted by molar-refractivity contribution is -0.130. The molecule has 1 amide bonds. The summed E-state index contributed by atoms with van der Waals surface area (Å²) in [6, 6.07) is 11.4. The number of anilines is 1. The maximum absolute atomic E-state index is 13.0. The lowest BCUT2D eigenvalue weighted by Crippen LogP contribution is -2.35. The number of nitrogens with one attached hydrogen (secondary N) is 1. The van der Waals surface area contributed by atoms with Crippen LogP contribution in [-0.2, 0) is 4.79 Å². The third kappa shape index (κ3) is 4.37. The van der Waals surface area contributed by atoms with Crippen molar-refractivity contribution >= 4 is 23.2 Å². The summed E-state index contributed by atoms with van der Waals surface area (Å²) in [4.78, 5) is 14.9. The Bertz CT molecular complexity index is 889. The Morgan fingerprint density at radius 3 is 2.83 bits per heavy atom. The number of carbonyl (C=O) groups is 1. The van der Waals surface area contributed by atoms with Crippen molar-refractivity contribution in [1.29, 1.82) is 0 Å². The van der Waals surface area contributed by atoms with Crippen molar-refractivity contribution in [1.82, 2.24) is 4.90 Å². The van der Waals surface area contributed by atoms with Crippen LogP contribution in [0.4, 0.5) is 5.69 Å². The Kier molecular flexibility index (Phi) is 6.00. The number of methoxy groups -OCH3 is 1. The van der Waals surface area contributed by atoms with Crippen molar-refractivity contribution in [3.63, 3.8) is 0 Å². The summed E-state index contributed by atoms with van der Waals surface area (Å²) in [6.07, 6.45) is 2.79. The number of ether oxygens (including phenoxy) is 3. The molecule has 2 aromatic carbocycles. The minimum absolute atomic E-state index is 0.0432. The molecular formula is C22H25ClN2O4. The number of nitrogens with zero attached hydrogens (tertiary/aromatic N) is 1. The topological polar surface area (TPSA) is 60.0 Å². The quantitative estimate of drug-likeness (QED) is 0.788. The molecule has 0 aromatic heterocycles. The predicted octanol–water partition coefficient (Wildman–Crippen LogP) is 4.29. The van der Waals surface area contributed by atoms with E-state index in [0.29, 0.717) is 29.7 Å². The van der Waals surface area contributed by atoms with Gasteiger partial charge in [0, 0.05) is 18.0 Å². The van der Waals surface area contributed by atoms with Crippen LogP contribution in [-0.4, -0.2) is 44.2 Å². The summed E-state index contributed by atoms with van der Waals surface area (Å²) in [5, 5.41) is 3.76. The van der Waals surface area contributed by atoms with E-state index < -0.39 is 0 Å². The van der Waals surface area contributed by atoms with Crippen molar-refractivity contribution in [3.8, 4) is 17.2 Å². The molecule has 1 atom stereocenters. The summed E-state index contributed by atoms with van der Waals surface area (Å²) in [5.74, 6) is 2.24. The zero-order valence-electron chi connectivity index (χ0n) is 16.4. The first-order valence-corrected chi connectivity index (χ1v) is 10.3. The molecule has 0 bridgehead atoms. The molecule has 0 saturated carbocycles. The second-order valence-electron chi connectivity index (χ2n) is 7.20. The highest BCUT2D eigenvalue weighted by molar-refractivity contribution is 6.30. The van der Waals surface area contributed by atoms with Gasteiger partial charge in [-0.15, -0.1) is 0 Å². The number of hydrogen-bond acceptors (Lipinski definition) is 5. The zero-order valence-corrected chi connectivity index (χ0v) is 17.2. The van der Waals surface area contributed by atoms with Crippen LogP contribution in [0.2, 0.25) is 5.02 Å². The van der Waals surface area contributed by atoms with Crippen LogP contribution >= 0.6 is 11.6 Å². The van der Waals surface area contributed by atoms with Crippen molar-refractivity contribution in [2.24, 2.45) is 0 Å². The standard InChI is InChI=1S/C22H25ClN2O4/c1-27-19-8-6-16(23)13-17(19)24-14-22(26)25-9-2-4-18(25)15-5-7-20-21(12-15)29-11-3-10-28-20/h5-8,12-13,18,24H,2-4,9-11,14H2,1H3. The highest BCUT2D eigenvalue weighted by Crippen LogP contribution is 2.38. The van der Waals surface area contributed by atoms with E-state index in [1.54, 1.807) is 25.3 Å². The number of amides is 1. The lowest BCUT2D eigenvalue weighted by atomic mass is 10.0. The minimum atomic E-state index is 0.0432. The summed E-state index contributed by atoms with van der Waals surface area (Å²) in [5.41, 5.74) is 1.79. The van der Waals surface area contributed by atoms with Crippen LogP contribution < -0.4 is 19.5 Å². The molecule has 2 aliphatic heterocycles. The molecule has 154 valence electrons. The number of fused-ring (bicyclic) bond motifs is 1. The largest absolute Gasteiger partial charge is 0.495 e. The van der Waals surface area contributed by atoms with Crippen LogP contribution in [0.3, 0.4) is 0 Å². The molecule has 7 heteroatoms. The normalized spacial score (nSPS) is 18.3. The van der Waals surface area contributed by atoms with Gasteiger partial charge in [-0.2, -0.15) is 0 Å². The second-order valence-corrected chi connectivity index (χ2v) is 7.64. The van der Waals surface area contributed by atoms with Gasteiger partial charge in [-0.25, -0.2) is 0 Å². The predicted molar refractivity (Wildman–Crippen MR) is 112 cm³/mol. The van der Waals surface area contributed by atoms with E-state index in [0.717, 1.165) is 42.9 Å². The lowest BCUT2D eigenvalue weighted by Gasteiger charge is -2.26. The van der Waals surface area contributed by atoms with Gasteiger partial charge < -0.3 is 24.4 Å². The van der Waals surface area contributed by atoms with E-state index in [1.165, 1.54) is 0 Å². The first-order chi connectivity index (χ1) is 14.2. The molecule has 6 nitrogen and oxygen atoms in total. The maximum atomic E-state index is 13.0. The molecule has 1 N–H and O–H groups in total.